The predicted molar refractivity (Wildman–Crippen MR) is 473 cm³/mol. The minimum atomic E-state index is -4.72. The van der Waals surface area contributed by atoms with Gasteiger partial charge in [0.2, 0.25) is 0 Å². The number of hydrogen-bond donors (Lipinski definition) is 0. The van der Waals surface area contributed by atoms with Crippen molar-refractivity contribution < 1.29 is 154 Å². The molecule has 5 saturated heterocycles. The first-order chi connectivity index (χ1) is 63.2. The zero-order valence-corrected chi connectivity index (χ0v) is 80.2. The summed E-state index contributed by atoms with van der Waals surface area (Å²) in [7, 11) is -31.3. The first-order valence-electron chi connectivity index (χ1n) is 41.7. The monoisotopic (exact) mass is 2110 g/mol. The molecule has 0 aromatic heterocycles. The maximum atomic E-state index is 15.4. The summed E-state index contributed by atoms with van der Waals surface area (Å²) in [5, 5.41) is 2.17. The van der Waals surface area contributed by atoms with E-state index in [0.29, 0.717) is 46.5 Å². The Morgan fingerprint density at radius 1 is 0.378 bits per heavy atom. The minimum absolute atomic E-state index is 0.0131. The summed E-state index contributed by atoms with van der Waals surface area (Å²) in [4.78, 5) is -0.816. The Balaban J connectivity index is 0.000000144. The molecule has 24 nitrogen and oxygen atoms in total. The minimum Gasteiger partial charge on any atom is -0.490 e. The van der Waals surface area contributed by atoms with Crippen molar-refractivity contribution in [3.8, 4) is 23.0 Å². The van der Waals surface area contributed by atoms with E-state index in [9.17, 15) is 98.1 Å². The van der Waals surface area contributed by atoms with Crippen LogP contribution in [-0.4, -0.2) is 180 Å². The smallest absolute Gasteiger partial charge is 0.416 e. The lowest BCUT2D eigenvalue weighted by Gasteiger charge is -2.50. The van der Waals surface area contributed by atoms with Crippen LogP contribution >= 0.6 is 34.8 Å². The summed E-state index contributed by atoms with van der Waals surface area (Å²) in [6.07, 6.45) is -1.65. The van der Waals surface area contributed by atoms with Gasteiger partial charge in [-0.3, -0.25) is 0 Å². The van der Waals surface area contributed by atoms with Gasteiger partial charge in [0.1, 0.15) is 52.1 Å². The molecule has 0 spiro atoms. The Morgan fingerprint density at radius 2 is 0.659 bits per heavy atom. The van der Waals surface area contributed by atoms with Crippen molar-refractivity contribution in [3.63, 3.8) is 0 Å². The van der Waals surface area contributed by atoms with E-state index in [0.717, 1.165) is 96.3 Å². The van der Waals surface area contributed by atoms with Crippen LogP contribution in [0.5, 0.6) is 23.0 Å². The van der Waals surface area contributed by atoms with Crippen molar-refractivity contribution in [2.45, 2.75) is 139 Å². The number of benzene rings is 8. The van der Waals surface area contributed by atoms with Gasteiger partial charge in [-0.25, -0.2) is 102 Å². The van der Waals surface area contributed by atoms with Gasteiger partial charge >= 0.3 is 6.18 Å². The number of ether oxygens (including phenoxy) is 8. The van der Waals surface area contributed by atoms with Gasteiger partial charge in [-0.15, -0.1) is 0 Å². The van der Waals surface area contributed by atoms with Crippen LogP contribution in [0.4, 0.5) is 48.3 Å². The molecule has 0 radical (unpaired) electrons. The third kappa shape index (κ3) is 19.5. The molecule has 135 heavy (non-hydrogen) atoms. The fourth-order valence-corrected chi connectivity index (χ4v) is 33.0. The number of rotatable bonds is 19. The van der Waals surface area contributed by atoms with Crippen LogP contribution in [-0.2, 0) is 123 Å². The predicted octanol–water partition coefficient (Wildman–Crippen LogP) is 16.0. The van der Waals surface area contributed by atoms with Gasteiger partial charge in [0.15, 0.2) is 115 Å². The van der Waals surface area contributed by atoms with Crippen molar-refractivity contribution in [1.29, 1.82) is 0 Å². The van der Waals surface area contributed by atoms with Crippen LogP contribution < -0.4 is 18.9 Å². The van der Waals surface area contributed by atoms with Crippen LogP contribution in [0.25, 0.3) is 0 Å². The van der Waals surface area contributed by atoms with Crippen molar-refractivity contribution in [1.82, 2.24) is 0 Å². The van der Waals surface area contributed by atoms with Gasteiger partial charge in [0, 0.05) is 101 Å². The van der Waals surface area contributed by atoms with E-state index in [4.69, 9.17) is 72.7 Å². The first kappa shape index (κ1) is 103. The number of sulfone groups is 8. The second-order valence-corrected chi connectivity index (χ2v) is 52.5. The molecule has 0 bridgehead atoms. The highest BCUT2D eigenvalue weighted by molar-refractivity contribution is 7.94. The van der Waals surface area contributed by atoms with Crippen molar-refractivity contribution in [3.05, 3.63) is 258 Å². The number of alkyl halides is 3. The van der Waals surface area contributed by atoms with E-state index in [1.807, 2.05) is 0 Å². The van der Waals surface area contributed by atoms with Crippen LogP contribution in [0.15, 0.2) is 188 Å². The molecular weight excluding hydrogens is 2020 g/mol. The van der Waals surface area contributed by atoms with Crippen molar-refractivity contribution >= 4 is 114 Å². The number of fused-ring (bicyclic) bond motifs is 12. The second-order valence-electron chi connectivity index (χ2n) is 33.8. The number of hydrogen-bond acceptors (Lipinski definition) is 24. The summed E-state index contributed by atoms with van der Waals surface area (Å²) >= 11 is 17.8. The van der Waals surface area contributed by atoms with Crippen LogP contribution in [0.3, 0.4) is 0 Å². The normalized spacial score (nSPS) is 26.5. The lowest BCUT2D eigenvalue weighted by atomic mass is 9.74. The zero-order valence-electron chi connectivity index (χ0n) is 71.4. The van der Waals surface area contributed by atoms with Gasteiger partial charge in [-0.1, -0.05) is 34.8 Å². The lowest BCUT2D eigenvalue weighted by Crippen LogP contribution is -2.57. The molecule has 0 N–H and O–H groups in total. The SMILES string of the molecule is CS(=O)(=O)C=C[C@@H]1OCC[C@@]2(S(=O)(=O)c3ccc(C(F)(F)F)cc3)c3c(F)ccc(F)c3OC[C@@H]12.CS(=O)(=O)C=C[C@@H]1OCC[C@@]2(S(=O)(=O)c3ccc(Cl)cc3)c3c(F)ccc(F)c3OC[C@@H]12.CS(=O)(=O)CCC[C@@H]1OCC[C@@]2(S(=O)(=O)c3ccc(Cl)cc3)c3c(F)ccc(F)c3OC[C@@H]12.O=S1(=O)CCCC1CC[C@@H]1OCC[C@@]2(S(=O)(=O)c3ccc(Cl)cc3)c3c(F)ccc(F)c3OC[C@@H]12. The molecule has 1 unspecified atom stereocenters. The molecular formula is C89H86Cl3F11O24S8. The molecule has 46 heteroatoms. The molecule has 17 rings (SSSR count). The fourth-order valence-electron chi connectivity index (χ4n) is 19.8. The first-order valence-corrected chi connectivity index (χ1v) is 56.5. The largest absolute Gasteiger partial charge is 0.490 e. The maximum Gasteiger partial charge on any atom is 0.416 e. The Bertz CT molecular complexity index is 6940. The lowest BCUT2D eigenvalue weighted by molar-refractivity contribution is -0.137. The molecule has 732 valence electrons. The molecule has 8 aromatic carbocycles. The Kier molecular flexibility index (Phi) is 29.6. The summed E-state index contributed by atoms with van der Waals surface area (Å²) in [6, 6.07) is 26.0. The topological polar surface area (TPSA) is 347 Å². The van der Waals surface area contributed by atoms with E-state index in [1.165, 1.54) is 78.9 Å². The second kappa shape index (κ2) is 38.9. The van der Waals surface area contributed by atoms with Gasteiger partial charge in [0.25, 0.3) is 0 Å². The Labute approximate surface area is 787 Å². The molecule has 9 heterocycles. The van der Waals surface area contributed by atoms with Gasteiger partial charge in [-0.2, -0.15) is 13.2 Å². The molecule has 0 saturated carbocycles. The van der Waals surface area contributed by atoms with Gasteiger partial charge < -0.3 is 37.9 Å². The third-order valence-electron chi connectivity index (χ3n) is 25.9. The van der Waals surface area contributed by atoms with Gasteiger partial charge in [-0.05, 0) is 222 Å². The summed E-state index contributed by atoms with van der Waals surface area (Å²) in [6.45, 7) is -1.68. The fraction of sp³-hybridized carbons (Fsp3) is 0.416. The molecule has 13 atom stereocenters. The Morgan fingerprint density at radius 3 is 0.948 bits per heavy atom. The highest BCUT2D eigenvalue weighted by Crippen LogP contribution is 2.62. The highest BCUT2D eigenvalue weighted by Gasteiger charge is 2.67. The van der Waals surface area contributed by atoms with Crippen molar-refractivity contribution in [2.75, 3.05) is 83.1 Å². The van der Waals surface area contributed by atoms with E-state index in [-0.39, 0.29) is 129 Å². The molecule has 8 aromatic rings. The maximum absolute atomic E-state index is 15.4. The third-order valence-corrected chi connectivity index (χ3v) is 41.6. The molecule has 9 aliphatic heterocycles. The average Bonchev–Trinajstić information content (AvgIpc) is 0.913. The molecule has 9 aliphatic rings. The summed E-state index contributed by atoms with van der Waals surface area (Å²) in [5.74, 6) is -13.3. The number of halogens is 14. The van der Waals surface area contributed by atoms with E-state index in [1.54, 1.807) is 0 Å². The van der Waals surface area contributed by atoms with Crippen LogP contribution in [0, 0.1) is 70.2 Å². The molecule has 5 fully saturated rings. The van der Waals surface area contributed by atoms with Crippen LogP contribution in [0.1, 0.15) is 92.0 Å². The molecule has 0 aliphatic carbocycles. The Hall–Kier alpha value is -8.02. The molecule has 0 amide bonds. The summed E-state index contributed by atoms with van der Waals surface area (Å²) < 4.78 is 403. The van der Waals surface area contributed by atoms with Crippen LogP contribution in [0.2, 0.25) is 15.1 Å². The van der Waals surface area contributed by atoms with E-state index < -0.39 is 255 Å². The standard InChI is InChI=1S/C24H25ClF2O6S2.C22H23ClF2O6S2.C22H19F5O6S2.C21H19ClF2O6S2/c25-15-3-5-17(6-4-15)35(30,31)24-11-12-32-21(10-7-16-2-1-13-34(16,28)29)18(24)14-33-23-20(27)9-8-19(26)22(23)24;1-32(26,27)12-2-3-19-16-13-31-21-18(25)9-8-17(24)20(21)22(16,10-11-30-19)33(28,29)15-6-4-14(23)5-7-15;1-34(28,29)11-8-18-15-12-33-20-17(24)7-6-16(23)19(20)21(15,9-10-32-18)35(30,31)14-4-2-13(3-5-14)22(25,26)27;1-31(25,26)11-8-18-15-12-30-20-17(24)7-6-16(23)19(20)21(15,9-10-29-18)32(27,28)14-4-2-13(22)3-5-14/h3-6,8-9,16,18,21H,1-2,7,10-14H2;4-9,16,19H,2-3,10-13H2,1H3;2-8,11,15,18H,9-10,12H2,1H3;2-8,11,15,18H,9-10,12H2,1H3/t16?,18-,21-,24-;16-,19-,22-;2*15-,18-,21-/m0000/s1. The highest BCUT2D eigenvalue weighted by atomic mass is 35.5. The van der Waals surface area contributed by atoms with E-state index in [2.05, 4.69) is 0 Å². The quantitative estimate of drug-likeness (QED) is 0.0679. The zero-order chi connectivity index (χ0) is 98.2. The van der Waals surface area contributed by atoms with Crippen molar-refractivity contribution in [2.24, 2.45) is 23.7 Å². The summed E-state index contributed by atoms with van der Waals surface area (Å²) in [5.41, 5.74) is -2.77. The van der Waals surface area contributed by atoms with E-state index >= 15 is 17.6 Å². The average molecular weight is 2110 g/mol. The van der Waals surface area contributed by atoms with Gasteiger partial charge in [0.05, 0.1) is 109 Å².